The molecular formula is C25H24FN3O2. The molecule has 1 saturated carbocycles. The van der Waals surface area contributed by atoms with Crippen molar-refractivity contribution in [1.82, 2.24) is 10.3 Å². The Hall–Kier alpha value is -3.54. The minimum Gasteiger partial charge on any atom is -0.351 e. The number of nitrogens with zero attached hydrogens (tertiary/aromatic N) is 1. The normalized spacial score (nSPS) is 14.4. The molecule has 1 aromatic heterocycles. The van der Waals surface area contributed by atoms with E-state index < -0.39 is 0 Å². The molecule has 0 radical (unpaired) electrons. The van der Waals surface area contributed by atoms with Gasteiger partial charge in [-0.15, -0.1) is 0 Å². The lowest BCUT2D eigenvalue weighted by Crippen LogP contribution is -2.45. The number of anilines is 1. The minimum absolute atomic E-state index is 0.173. The van der Waals surface area contributed by atoms with E-state index >= 15 is 0 Å². The Kier molecular flexibility index (Phi) is 5.80. The van der Waals surface area contributed by atoms with Crippen molar-refractivity contribution < 1.29 is 14.0 Å². The van der Waals surface area contributed by atoms with E-state index in [0.717, 1.165) is 30.4 Å². The third kappa shape index (κ3) is 4.33. The average Bonchev–Trinajstić information content (AvgIpc) is 2.76. The van der Waals surface area contributed by atoms with E-state index in [1.807, 2.05) is 13.0 Å². The second-order valence-corrected chi connectivity index (χ2v) is 8.01. The number of carbonyl (C=O) groups is 2. The van der Waals surface area contributed by atoms with Crippen LogP contribution in [-0.2, 0) is 5.41 Å². The van der Waals surface area contributed by atoms with Gasteiger partial charge >= 0.3 is 0 Å². The smallest absolute Gasteiger partial charge is 0.255 e. The maximum atomic E-state index is 13.3. The summed E-state index contributed by atoms with van der Waals surface area (Å²) in [6, 6.07) is 15.1. The number of hydrogen-bond donors (Lipinski definition) is 2. The summed E-state index contributed by atoms with van der Waals surface area (Å²) in [4.78, 5) is 29.6. The number of pyridine rings is 1. The van der Waals surface area contributed by atoms with E-state index in [-0.39, 0.29) is 23.0 Å². The molecule has 0 bridgehead atoms. The zero-order chi connectivity index (χ0) is 21.8. The van der Waals surface area contributed by atoms with Crippen molar-refractivity contribution in [1.29, 1.82) is 0 Å². The third-order valence-electron chi connectivity index (χ3n) is 6.05. The Morgan fingerprint density at radius 1 is 1.00 bits per heavy atom. The fourth-order valence-electron chi connectivity index (χ4n) is 4.03. The van der Waals surface area contributed by atoms with Gasteiger partial charge < -0.3 is 10.6 Å². The molecule has 2 amide bonds. The molecule has 1 fully saturated rings. The van der Waals surface area contributed by atoms with Gasteiger partial charge in [0.1, 0.15) is 5.82 Å². The molecule has 1 aliphatic rings. The van der Waals surface area contributed by atoms with E-state index in [9.17, 15) is 14.0 Å². The topological polar surface area (TPSA) is 71.1 Å². The summed E-state index contributed by atoms with van der Waals surface area (Å²) in [6.45, 7) is 2.31. The molecule has 158 valence electrons. The minimum atomic E-state index is -0.299. The van der Waals surface area contributed by atoms with Crippen molar-refractivity contribution in [3.8, 4) is 0 Å². The number of aryl methyl sites for hydroxylation is 1. The van der Waals surface area contributed by atoms with Crippen LogP contribution in [0.5, 0.6) is 0 Å². The van der Waals surface area contributed by atoms with Gasteiger partial charge in [0.2, 0.25) is 0 Å². The summed E-state index contributed by atoms with van der Waals surface area (Å²) in [5.41, 5.74) is 3.03. The second-order valence-electron chi connectivity index (χ2n) is 8.01. The van der Waals surface area contributed by atoms with E-state index in [2.05, 4.69) is 15.6 Å². The monoisotopic (exact) mass is 417 g/mol. The van der Waals surface area contributed by atoms with Gasteiger partial charge in [-0.1, -0.05) is 30.7 Å². The lowest BCUT2D eigenvalue weighted by Gasteiger charge is -2.42. The maximum absolute atomic E-state index is 13.3. The van der Waals surface area contributed by atoms with Crippen LogP contribution in [0.15, 0.2) is 67.0 Å². The van der Waals surface area contributed by atoms with Crippen LogP contribution in [0, 0.1) is 12.7 Å². The Labute approximate surface area is 180 Å². The first-order valence-corrected chi connectivity index (χ1v) is 10.3. The van der Waals surface area contributed by atoms with Gasteiger partial charge in [0.15, 0.2) is 0 Å². The molecule has 0 unspecified atom stereocenters. The molecule has 4 rings (SSSR count). The van der Waals surface area contributed by atoms with Crippen molar-refractivity contribution in [3.05, 3.63) is 95.1 Å². The largest absolute Gasteiger partial charge is 0.351 e. The fourth-order valence-corrected chi connectivity index (χ4v) is 4.03. The summed E-state index contributed by atoms with van der Waals surface area (Å²) in [5.74, 6) is -0.814. The van der Waals surface area contributed by atoms with E-state index in [1.165, 1.54) is 12.1 Å². The van der Waals surface area contributed by atoms with Crippen LogP contribution in [0.3, 0.4) is 0 Å². The first-order chi connectivity index (χ1) is 15.0. The van der Waals surface area contributed by atoms with Gasteiger partial charge in [-0.05, 0) is 61.2 Å². The molecule has 6 heteroatoms. The van der Waals surface area contributed by atoms with Gasteiger partial charge in [0.05, 0.1) is 11.3 Å². The van der Waals surface area contributed by atoms with E-state index in [1.54, 1.807) is 48.8 Å². The highest BCUT2D eigenvalue weighted by molar-refractivity contribution is 6.09. The zero-order valence-corrected chi connectivity index (χ0v) is 17.3. The Balaban J connectivity index is 1.52. The summed E-state index contributed by atoms with van der Waals surface area (Å²) < 4.78 is 13.3. The molecule has 31 heavy (non-hydrogen) atoms. The molecular weight excluding hydrogens is 393 g/mol. The van der Waals surface area contributed by atoms with Crippen LogP contribution in [0.25, 0.3) is 0 Å². The van der Waals surface area contributed by atoms with Crippen LogP contribution in [-0.4, -0.2) is 23.3 Å². The van der Waals surface area contributed by atoms with Crippen LogP contribution in [0.4, 0.5) is 10.1 Å². The fraction of sp³-hybridized carbons (Fsp3) is 0.240. The molecule has 0 atom stereocenters. The SMILES string of the molecule is Cc1cccc(C(=O)NCC2(c3ccc(F)cc3)CCC2)c1NC(=O)c1ccncc1. The molecule has 0 spiro atoms. The first kappa shape index (κ1) is 20.7. The van der Waals surface area contributed by atoms with Crippen LogP contribution in [0.1, 0.15) is 51.1 Å². The Bertz CT molecular complexity index is 1090. The number of carbonyl (C=O) groups excluding carboxylic acids is 2. The van der Waals surface area contributed by atoms with Crippen molar-refractivity contribution in [2.45, 2.75) is 31.6 Å². The lowest BCUT2D eigenvalue weighted by atomic mass is 9.64. The number of para-hydroxylation sites is 1. The average molecular weight is 417 g/mol. The molecule has 3 aromatic rings. The predicted octanol–water partition coefficient (Wildman–Crippen LogP) is 4.63. The molecule has 0 aliphatic heterocycles. The molecule has 2 aromatic carbocycles. The van der Waals surface area contributed by atoms with Crippen LogP contribution >= 0.6 is 0 Å². The summed E-state index contributed by atoms with van der Waals surface area (Å²) in [6.07, 6.45) is 6.06. The van der Waals surface area contributed by atoms with Crippen molar-refractivity contribution >= 4 is 17.5 Å². The van der Waals surface area contributed by atoms with E-state index in [0.29, 0.717) is 23.4 Å². The Morgan fingerprint density at radius 2 is 1.71 bits per heavy atom. The second kappa shape index (κ2) is 8.68. The first-order valence-electron chi connectivity index (χ1n) is 10.3. The number of nitrogens with one attached hydrogen (secondary N) is 2. The van der Waals surface area contributed by atoms with Gasteiger partial charge in [-0.3, -0.25) is 14.6 Å². The zero-order valence-electron chi connectivity index (χ0n) is 17.3. The van der Waals surface area contributed by atoms with Gasteiger partial charge in [-0.25, -0.2) is 4.39 Å². The van der Waals surface area contributed by atoms with Gasteiger partial charge in [-0.2, -0.15) is 0 Å². The maximum Gasteiger partial charge on any atom is 0.255 e. The molecule has 2 N–H and O–H groups in total. The number of aromatic nitrogens is 1. The van der Waals surface area contributed by atoms with Crippen LogP contribution in [0.2, 0.25) is 0 Å². The summed E-state index contributed by atoms with van der Waals surface area (Å²) >= 11 is 0. The number of rotatable bonds is 6. The van der Waals surface area contributed by atoms with Gasteiger partial charge in [0, 0.05) is 29.9 Å². The molecule has 0 saturated heterocycles. The van der Waals surface area contributed by atoms with Gasteiger partial charge in [0.25, 0.3) is 11.8 Å². The predicted molar refractivity (Wildman–Crippen MR) is 118 cm³/mol. The molecule has 1 aliphatic carbocycles. The standard InChI is InChI=1S/C25H24FN3O2/c1-17-4-2-5-21(22(17)29-23(30)18-10-14-27-15-11-18)24(31)28-16-25(12-3-13-25)19-6-8-20(26)9-7-19/h2,4-11,14-15H,3,12-13,16H2,1H3,(H,28,31)(H,29,30). The number of benzene rings is 2. The quantitative estimate of drug-likeness (QED) is 0.614. The molecule has 5 nitrogen and oxygen atoms in total. The highest BCUT2D eigenvalue weighted by atomic mass is 19.1. The van der Waals surface area contributed by atoms with Crippen LogP contribution < -0.4 is 10.6 Å². The van der Waals surface area contributed by atoms with Crippen molar-refractivity contribution in [2.24, 2.45) is 0 Å². The number of amides is 2. The summed E-state index contributed by atoms with van der Waals surface area (Å²) in [7, 11) is 0. The highest BCUT2D eigenvalue weighted by Crippen LogP contribution is 2.43. The van der Waals surface area contributed by atoms with Crippen molar-refractivity contribution in [3.63, 3.8) is 0 Å². The van der Waals surface area contributed by atoms with Crippen molar-refractivity contribution in [2.75, 3.05) is 11.9 Å². The highest BCUT2D eigenvalue weighted by Gasteiger charge is 2.39. The number of hydrogen-bond acceptors (Lipinski definition) is 3. The summed E-state index contributed by atoms with van der Waals surface area (Å²) in [5, 5.41) is 5.91. The van der Waals surface area contributed by atoms with E-state index in [4.69, 9.17) is 0 Å². The molecule has 1 heterocycles. The lowest BCUT2D eigenvalue weighted by molar-refractivity contribution is 0.0928. The number of halogens is 1. The Morgan fingerprint density at radius 3 is 2.35 bits per heavy atom. The third-order valence-corrected chi connectivity index (χ3v) is 6.05.